The minimum Gasteiger partial charge on any atom is -0.426 e. The lowest BCUT2D eigenvalue weighted by Gasteiger charge is -2.11. The van der Waals surface area contributed by atoms with Crippen molar-refractivity contribution in [2.24, 2.45) is 4.99 Å². The first-order valence-electron chi connectivity index (χ1n) is 8.48. The van der Waals surface area contributed by atoms with Crippen LogP contribution in [0.4, 0.5) is 0 Å². The summed E-state index contributed by atoms with van der Waals surface area (Å²) in [7, 11) is 0. The Kier molecular flexibility index (Phi) is 5.56. The van der Waals surface area contributed by atoms with E-state index in [1.165, 1.54) is 0 Å². The molecule has 3 rings (SSSR count). The molecule has 0 N–H and O–H groups in total. The van der Waals surface area contributed by atoms with Gasteiger partial charge in [-0.1, -0.05) is 28.9 Å². The zero-order valence-corrected chi connectivity index (χ0v) is 16.8. The maximum absolute atomic E-state index is 12.2. The molecule has 0 aromatic heterocycles. The van der Waals surface area contributed by atoms with Crippen molar-refractivity contribution < 1.29 is 19.1 Å². The van der Waals surface area contributed by atoms with E-state index in [0.717, 1.165) is 26.7 Å². The van der Waals surface area contributed by atoms with Crippen molar-refractivity contribution in [2.75, 3.05) is 0 Å². The number of esters is 2. The van der Waals surface area contributed by atoms with Crippen LogP contribution in [0.5, 0.6) is 5.75 Å². The molecule has 2 aromatic rings. The monoisotopic (exact) mass is 427 g/mol. The lowest BCUT2D eigenvalue weighted by Crippen LogP contribution is -2.08. The van der Waals surface area contributed by atoms with Gasteiger partial charge in [-0.15, -0.1) is 0 Å². The lowest BCUT2D eigenvalue weighted by atomic mass is 10.0. The van der Waals surface area contributed by atoms with Crippen molar-refractivity contribution in [3.05, 3.63) is 68.8 Å². The minimum absolute atomic E-state index is 0.224. The standard InChI is InChI=1S/C21H18BrNO4/c1-4-18(24)26-19-12(2)8-14(9-13(19)3)10-17-21(25)27-20(23-17)15-6-5-7-16(22)11-15/h5-11H,4H2,1-3H3/b17-10-. The van der Waals surface area contributed by atoms with Gasteiger partial charge in [0.15, 0.2) is 5.70 Å². The van der Waals surface area contributed by atoms with E-state index in [1.54, 1.807) is 13.0 Å². The van der Waals surface area contributed by atoms with Crippen molar-refractivity contribution in [2.45, 2.75) is 27.2 Å². The molecule has 1 heterocycles. The Hall–Kier alpha value is -2.73. The van der Waals surface area contributed by atoms with Gasteiger partial charge in [0, 0.05) is 16.5 Å². The number of hydrogen-bond donors (Lipinski definition) is 0. The molecular weight excluding hydrogens is 410 g/mol. The number of rotatable bonds is 4. The third-order valence-corrected chi connectivity index (χ3v) is 4.48. The molecule has 0 unspecified atom stereocenters. The minimum atomic E-state index is -0.498. The van der Waals surface area contributed by atoms with Crippen molar-refractivity contribution in [3.63, 3.8) is 0 Å². The molecule has 0 radical (unpaired) electrons. The van der Waals surface area contributed by atoms with Crippen LogP contribution >= 0.6 is 15.9 Å². The molecule has 0 saturated carbocycles. The van der Waals surface area contributed by atoms with E-state index in [9.17, 15) is 9.59 Å². The molecule has 138 valence electrons. The maximum atomic E-state index is 12.2. The van der Waals surface area contributed by atoms with Crippen molar-refractivity contribution in [1.29, 1.82) is 0 Å². The first-order valence-corrected chi connectivity index (χ1v) is 9.27. The van der Waals surface area contributed by atoms with Gasteiger partial charge >= 0.3 is 11.9 Å². The highest BCUT2D eigenvalue weighted by Gasteiger charge is 2.24. The van der Waals surface area contributed by atoms with Gasteiger partial charge in [0.2, 0.25) is 5.90 Å². The highest BCUT2D eigenvalue weighted by Crippen LogP contribution is 2.28. The van der Waals surface area contributed by atoms with Gasteiger partial charge in [0.1, 0.15) is 5.75 Å². The quantitative estimate of drug-likeness (QED) is 0.402. The molecule has 0 saturated heterocycles. The van der Waals surface area contributed by atoms with Gasteiger partial charge in [0.05, 0.1) is 0 Å². The fourth-order valence-electron chi connectivity index (χ4n) is 2.73. The molecule has 0 fully saturated rings. The normalized spacial score (nSPS) is 14.9. The van der Waals surface area contributed by atoms with Crippen LogP contribution in [-0.2, 0) is 14.3 Å². The lowest BCUT2D eigenvalue weighted by molar-refractivity contribution is -0.134. The molecule has 0 amide bonds. The summed E-state index contributed by atoms with van der Waals surface area (Å²) < 4.78 is 11.5. The van der Waals surface area contributed by atoms with Gasteiger partial charge in [-0.25, -0.2) is 9.79 Å². The molecule has 2 aromatic carbocycles. The second kappa shape index (κ2) is 7.88. The average Bonchev–Trinajstić information content (AvgIpc) is 2.98. The summed E-state index contributed by atoms with van der Waals surface area (Å²) in [5.74, 6) is 0.0440. The molecule has 0 aliphatic carbocycles. The van der Waals surface area contributed by atoms with Crippen LogP contribution < -0.4 is 4.74 Å². The Balaban J connectivity index is 1.92. The van der Waals surface area contributed by atoms with E-state index in [2.05, 4.69) is 20.9 Å². The van der Waals surface area contributed by atoms with Crippen LogP contribution in [0.1, 0.15) is 35.6 Å². The largest absolute Gasteiger partial charge is 0.426 e. The van der Waals surface area contributed by atoms with Crippen LogP contribution in [0.25, 0.3) is 6.08 Å². The topological polar surface area (TPSA) is 65.0 Å². The predicted molar refractivity (Wildman–Crippen MR) is 107 cm³/mol. The summed E-state index contributed by atoms with van der Waals surface area (Å²) in [6.07, 6.45) is 1.97. The zero-order valence-electron chi connectivity index (χ0n) is 15.2. The summed E-state index contributed by atoms with van der Waals surface area (Å²) in [6, 6.07) is 11.1. The summed E-state index contributed by atoms with van der Waals surface area (Å²) >= 11 is 3.39. The van der Waals surface area contributed by atoms with Crippen LogP contribution in [0.2, 0.25) is 0 Å². The van der Waals surface area contributed by atoms with Crippen molar-refractivity contribution in [1.82, 2.24) is 0 Å². The van der Waals surface area contributed by atoms with E-state index in [0.29, 0.717) is 12.2 Å². The van der Waals surface area contributed by atoms with Gasteiger partial charge in [-0.05, 0) is 66.9 Å². The van der Waals surface area contributed by atoms with Crippen LogP contribution in [-0.4, -0.2) is 17.8 Å². The number of benzene rings is 2. The Bertz CT molecular complexity index is 968. The Morgan fingerprint density at radius 1 is 1.22 bits per heavy atom. The first-order chi connectivity index (χ1) is 12.9. The number of ether oxygens (including phenoxy) is 2. The molecule has 0 spiro atoms. The van der Waals surface area contributed by atoms with Crippen molar-refractivity contribution in [3.8, 4) is 5.75 Å². The smallest absolute Gasteiger partial charge is 0.363 e. The number of halogens is 1. The third-order valence-electron chi connectivity index (χ3n) is 3.98. The fourth-order valence-corrected chi connectivity index (χ4v) is 3.13. The summed E-state index contributed by atoms with van der Waals surface area (Å²) in [5, 5.41) is 0. The molecule has 5 nitrogen and oxygen atoms in total. The number of hydrogen-bond acceptors (Lipinski definition) is 5. The fraction of sp³-hybridized carbons (Fsp3) is 0.190. The second-order valence-electron chi connectivity index (χ2n) is 6.16. The third kappa shape index (κ3) is 4.34. The Labute approximate surface area is 165 Å². The van der Waals surface area contributed by atoms with Gasteiger partial charge < -0.3 is 9.47 Å². The molecule has 1 aliphatic rings. The van der Waals surface area contributed by atoms with Gasteiger partial charge in [0.25, 0.3) is 0 Å². The number of carbonyl (C=O) groups is 2. The van der Waals surface area contributed by atoms with E-state index in [-0.39, 0.29) is 17.6 Å². The summed E-state index contributed by atoms with van der Waals surface area (Å²) in [6.45, 7) is 5.46. The molecule has 0 bridgehead atoms. The average molecular weight is 428 g/mol. The molecular formula is C21H18BrNO4. The highest BCUT2D eigenvalue weighted by atomic mass is 79.9. The second-order valence-corrected chi connectivity index (χ2v) is 7.07. The summed E-state index contributed by atoms with van der Waals surface area (Å²) in [4.78, 5) is 28.1. The number of carbonyl (C=O) groups excluding carboxylic acids is 2. The first kappa shape index (κ1) is 19.0. The number of cyclic esters (lactones) is 1. The Morgan fingerprint density at radius 2 is 1.93 bits per heavy atom. The molecule has 1 aliphatic heterocycles. The van der Waals surface area contributed by atoms with Crippen LogP contribution in [0, 0.1) is 13.8 Å². The van der Waals surface area contributed by atoms with Crippen molar-refractivity contribution >= 4 is 39.8 Å². The number of nitrogens with zero attached hydrogens (tertiary/aromatic N) is 1. The molecule has 27 heavy (non-hydrogen) atoms. The SMILES string of the molecule is CCC(=O)Oc1c(C)cc(/C=C2\N=C(c3cccc(Br)c3)OC2=O)cc1C. The maximum Gasteiger partial charge on any atom is 0.363 e. The van der Waals surface area contributed by atoms with E-state index < -0.39 is 5.97 Å². The number of aryl methyl sites for hydroxylation is 2. The highest BCUT2D eigenvalue weighted by molar-refractivity contribution is 9.10. The van der Waals surface area contributed by atoms with Gasteiger partial charge in [-0.3, -0.25) is 4.79 Å². The Morgan fingerprint density at radius 3 is 2.56 bits per heavy atom. The van der Waals surface area contributed by atoms with E-state index >= 15 is 0 Å². The van der Waals surface area contributed by atoms with E-state index in [4.69, 9.17) is 9.47 Å². The zero-order chi connectivity index (χ0) is 19.6. The number of aliphatic imine (C=N–C) groups is 1. The van der Waals surface area contributed by atoms with Crippen LogP contribution in [0.15, 0.2) is 51.6 Å². The van der Waals surface area contributed by atoms with Gasteiger partial charge in [-0.2, -0.15) is 0 Å². The van der Waals surface area contributed by atoms with E-state index in [1.807, 2.05) is 50.2 Å². The summed E-state index contributed by atoms with van der Waals surface area (Å²) in [5.41, 5.74) is 3.35. The molecule has 0 atom stereocenters. The predicted octanol–water partition coefficient (Wildman–Crippen LogP) is 4.73. The van der Waals surface area contributed by atoms with Crippen LogP contribution in [0.3, 0.4) is 0 Å². The molecule has 6 heteroatoms.